The Hall–Kier alpha value is -2.41. The largest absolute Gasteiger partial charge is 0.324 e. The number of nitrogens with one attached hydrogen (secondary N) is 1. The fraction of sp³-hybridized carbons (Fsp3) is 0.0556. The summed E-state index contributed by atoms with van der Waals surface area (Å²) in [6.07, 6.45) is 3.69. The molecule has 1 aromatic carbocycles. The first-order valence-corrected chi connectivity index (χ1v) is 9.35. The van der Waals surface area contributed by atoms with Crippen molar-refractivity contribution in [2.75, 3.05) is 5.32 Å². The summed E-state index contributed by atoms with van der Waals surface area (Å²) in [7, 11) is 0. The normalized spacial score (nSPS) is 11.0. The topological polar surface area (TPSA) is 59.3 Å². The van der Waals surface area contributed by atoms with Gasteiger partial charge in [0.05, 0.1) is 24.0 Å². The monoisotopic (exact) mass is 402 g/mol. The van der Waals surface area contributed by atoms with Gasteiger partial charge in [0.25, 0.3) is 0 Å². The van der Waals surface area contributed by atoms with Gasteiger partial charge < -0.3 is 5.32 Å². The maximum atomic E-state index is 12.3. The van der Waals surface area contributed by atoms with E-state index in [-0.39, 0.29) is 12.3 Å². The summed E-state index contributed by atoms with van der Waals surface area (Å²) < 4.78 is 1.94. The predicted octanol–water partition coefficient (Wildman–Crippen LogP) is 4.95. The first-order valence-electron chi connectivity index (χ1n) is 7.71. The third-order valence-corrected chi connectivity index (χ3v) is 5.14. The first kappa shape index (κ1) is 17.0. The molecule has 0 saturated heterocycles. The molecule has 0 radical (unpaired) electrons. The summed E-state index contributed by atoms with van der Waals surface area (Å²) in [6.45, 7) is 0. The molecule has 8 heteroatoms. The average Bonchev–Trinajstić information content (AvgIpc) is 3.20. The summed E-state index contributed by atoms with van der Waals surface area (Å²) in [6, 6.07) is 10.9. The van der Waals surface area contributed by atoms with E-state index in [0.717, 1.165) is 21.9 Å². The molecule has 0 bridgehead atoms. The number of thiazole rings is 1. The van der Waals surface area contributed by atoms with Gasteiger partial charge in [-0.1, -0.05) is 35.3 Å². The molecule has 0 aliphatic rings. The van der Waals surface area contributed by atoms with Gasteiger partial charge in [0, 0.05) is 27.9 Å². The highest BCUT2D eigenvalue weighted by molar-refractivity contribution is 7.15. The SMILES string of the molecule is O=C(Cc1csc2nc(-c3ccc(Cl)cc3)cn12)Nc1ccc(Cl)nc1. The molecule has 0 aliphatic carbocycles. The molecule has 0 spiro atoms. The first-order chi connectivity index (χ1) is 12.6. The molecule has 4 rings (SSSR count). The average molecular weight is 403 g/mol. The van der Waals surface area contributed by atoms with Crippen LogP contribution in [0.5, 0.6) is 0 Å². The zero-order valence-corrected chi connectivity index (χ0v) is 15.6. The van der Waals surface area contributed by atoms with E-state index in [9.17, 15) is 4.79 Å². The third kappa shape index (κ3) is 3.58. The van der Waals surface area contributed by atoms with Crippen molar-refractivity contribution in [2.45, 2.75) is 6.42 Å². The van der Waals surface area contributed by atoms with Gasteiger partial charge in [-0.25, -0.2) is 9.97 Å². The van der Waals surface area contributed by atoms with Crippen LogP contribution in [0.4, 0.5) is 5.69 Å². The van der Waals surface area contributed by atoms with E-state index >= 15 is 0 Å². The number of hydrogen-bond acceptors (Lipinski definition) is 4. The summed E-state index contributed by atoms with van der Waals surface area (Å²) in [5.41, 5.74) is 3.31. The molecule has 5 nitrogen and oxygen atoms in total. The summed E-state index contributed by atoms with van der Waals surface area (Å²) in [4.78, 5) is 21.7. The summed E-state index contributed by atoms with van der Waals surface area (Å²) in [5, 5.41) is 5.82. The van der Waals surface area contributed by atoms with Gasteiger partial charge in [-0.2, -0.15) is 0 Å². The fourth-order valence-corrected chi connectivity index (χ4v) is 3.65. The Morgan fingerprint density at radius 2 is 1.96 bits per heavy atom. The number of carbonyl (C=O) groups is 1. The van der Waals surface area contributed by atoms with E-state index in [2.05, 4.69) is 15.3 Å². The molecule has 130 valence electrons. The molecule has 0 atom stereocenters. The number of imidazole rings is 1. The Kier molecular flexibility index (Phi) is 4.63. The van der Waals surface area contributed by atoms with E-state index < -0.39 is 0 Å². The number of pyridine rings is 1. The molecule has 0 saturated carbocycles. The second-order valence-electron chi connectivity index (χ2n) is 5.61. The second-order valence-corrected chi connectivity index (χ2v) is 7.27. The highest BCUT2D eigenvalue weighted by atomic mass is 35.5. The van der Waals surface area contributed by atoms with Crippen LogP contribution in [0.3, 0.4) is 0 Å². The van der Waals surface area contributed by atoms with Crippen LogP contribution in [0.1, 0.15) is 5.69 Å². The number of benzene rings is 1. The van der Waals surface area contributed by atoms with E-state index in [0.29, 0.717) is 15.9 Å². The lowest BCUT2D eigenvalue weighted by Crippen LogP contribution is -2.15. The number of nitrogens with zero attached hydrogens (tertiary/aromatic N) is 3. The van der Waals surface area contributed by atoms with Crippen LogP contribution in [0.2, 0.25) is 10.2 Å². The van der Waals surface area contributed by atoms with Gasteiger partial charge in [0.1, 0.15) is 5.15 Å². The minimum atomic E-state index is -0.129. The zero-order chi connectivity index (χ0) is 18.1. The maximum absolute atomic E-state index is 12.3. The van der Waals surface area contributed by atoms with E-state index in [1.807, 2.05) is 40.2 Å². The number of carbonyl (C=O) groups excluding carboxylic acids is 1. The Bertz CT molecular complexity index is 1070. The Morgan fingerprint density at radius 1 is 1.15 bits per heavy atom. The number of anilines is 1. The van der Waals surface area contributed by atoms with Crippen molar-refractivity contribution in [1.82, 2.24) is 14.4 Å². The summed E-state index contributed by atoms with van der Waals surface area (Å²) in [5.74, 6) is -0.129. The predicted molar refractivity (Wildman–Crippen MR) is 105 cm³/mol. The fourth-order valence-electron chi connectivity index (χ4n) is 2.54. The number of rotatable bonds is 4. The zero-order valence-electron chi connectivity index (χ0n) is 13.3. The molecule has 0 unspecified atom stereocenters. The van der Waals surface area contributed by atoms with E-state index in [1.165, 1.54) is 17.5 Å². The molecule has 0 fully saturated rings. The smallest absolute Gasteiger partial charge is 0.230 e. The lowest BCUT2D eigenvalue weighted by atomic mass is 10.2. The van der Waals surface area contributed by atoms with Crippen LogP contribution < -0.4 is 5.32 Å². The van der Waals surface area contributed by atoms with Crippen molar-refractivity contribution in [1.29, 1.82) is 0 Å². The lowest BCUT2D eigenvalue weighted by molar-refractivity contribution is -0.115. The van der Waals surface area contributed by atoms with Gasteiger partial charge in [0.15, 0.2) is 4.96 Å². The number of aromatic nitrogens is 3. The van der Waals surface area contributed by atoms with Gasteiger partial charge in [-0.3, -0.25) is 9.20 Å². The minimum Gasteiger partial charge on any atom is -0.324 e. The maximum Gasteiger partial charge on any atom is 0.230 e. The van der Waals surface area contributed by atoms with E-state index in [4.69, 9.17) is 23.2 Å². The quantitative estimate of drug-likeness (QED) is 0.491. The molecule has 26 heavy (non-hydrogen) atoms. The Balaban J connectivity index is 1.54. The van der Waals surface area contributed by atoms with Crippen molar-refractivity contribution in [3.8, 4) is 11.3 Å². The van der Waals surface area contributed by atoms with Crippen molar-refractivity contribution in [3.63, 3.8) is 0 Å². The third-order valence-electron chi connectivity index (χ3n) is 3.78. The lowest BCUT2D eigenvalue weighted by Gasteiger charge is -2.04. The number of halogens is 2. The van der Waals surface area contributed by atoms with E-state index in [1.54, 1.807) is 12.1 Å². The molecule has 0 aliphatic heterocycles. The minimum absolute atomic E-state index is 0.129. The van der Waals surface area contributed by atoms with Crippen molar-refractivity contribution in [2.24, 2.45) is 0 Å². The van der Waals surface area contributed by atoms with Crippen LogP contribution in [0.15, 0.2) is 54.2 Å². The molecule has 3 aromatic heterocycles. The van der Waals surface area contributed by atoms with Gasteiger partial charge in [-0.05, 0) is 24.3 Å². The van der Waals surface area contributed by atoms with Crippen LogP contribution in [0, 0.1) is 0 Å². The Labute approximate surface area is 163 Å². The van der Waals surface area contributed by atoms with Crippen LogP contribution in [0.25, 0.3) is 16.2 Å². The van der Waals surface area contributed by atoms with Crippen LogP contribution in [-0.2, 0) is 11.2 Å². The molecule has 1 N–H and O–H groups in total. The second kappa shape index (κ2) is 7.07. The molecule has 1 amide bonds. The van der Waals surface area contributed by atoms with Crippen molar-refractivity contribution in [3.05, 3.63) is 70.0 Å². The van der Waals surface area contributed by atoms with Crippen molar-refractivity contribution >= 4 is 51.1 Å². The summed E-state index contributed by atoms with van der Waals surface area (Å²) >= 11 is 13.2. The van der Waals surface area contributed by atoms with Crippen LogP contribution in [-0.4, -0.2) is 20.3 Å². The highest BCUT2D eigenvalue weighted by Gasteiger charge is 2.13. The van der Waals surface area contributed by atoms with Gasteiger partial charge in [-0.15, -0.1) is 11.3 Å². The van der Waals surface area contributed by atoms with Gasteiger partial charge >= 0.3 is 0 Å². The molecule has 3 heterocycles. The van der Waals surface area contributed by atoms with Crippen molar-refractivity contribution < 1.29 is 4.79 Å². The standard InChI is InChI=1S/C18H12Cl2N4OS/c19-12-3-1-11(2-4-12)15-9-24-14(10-26-18(24)23-15)7-17(25)22-13-5-6-16(20)21-8-13/h1-6,8-10H,7H2,(H,22,25). The van der Waals surface area contributed by atoms with Gasteiger partial charge in [0.2, 0.25) is 5.91 Å². The molecule has 4 aromatic rings. The Morgan fingerprint density at radius 3 is 2.69 bits per heavy atom. The molecular weight excluding hydrogens is 391 g/mol. The number of fused-ring (bicyclic) bond motifs is 1. The molecular formula is C18H12Cl2N4OS. The van der Waals surface area contributed by atoms with Crippen LogP contribution >= 0.6 is 34.5 Å². The number of hydrogen-bond donors (Lipinski definition) is 1. The number of amides is 1. The highest BCUT2D eigenvalue weighted by Crippen LogP contribution is 2.25.